The molecule has 1 amide bonds. The van der Waals surface area contributed by atoms with Crippen molar-refractivity contribution in [2.24, 2.45) is 0 Å². The van der Waals surface area contributed by atoms with Crippen LogP contribution in [0.25, 0.3) is 6.08 Å². The van der Waals surface area contributed by atoms with Gasteiger partial charge in [0.1, 0.15) is 5.82 Å². The zero-order chi connectivity index (χ0) is 20.4. The highest BCUT2D eigenvalue weighted by atomic mass is 32.2. The SMILES string of the molecule is O=C([O-])c1ccc(C=C2Sc3ccccc3N(Cc3ccc(F)cc3)C2=O)cc1. The molecule has 1 aliphatic rings. The standard InChI is InChI=1S/C23H16FNO3S/c24-18-11-7-16(8-12-18)14-25-19-3-1-2-4-20(19)29-21(22(25)26)13-15-5-9-17(10-6-15)23(27)28/h1-13H,14H2,(H,27,28)/p-1. The van der Waals surface area contributed by atoms with Crippen molar-refractivity contribution in [3.8, 4) is 0 Å². The predicted molar refractivity (Wildman–Crippen MR) is 109 cm³/mol. The monoisotopic (exact) mass is 404 g/mol. The van der Waals surface area contributed by atoms with E-state index in [2.05, 4.69) is 0 Å². The number of carbonyl (C=O) groups is 2. The van der Waals surface area contributed by atoms with E-state index in [0.29, 0.717) is 17.0 Å². The number of benzene rings is 3. The van der Waals surface area contributed by atoms with Crippen molar-refractivity contribution in [1.29, 1.82) is 0 Å². The van der Waals surface area contributed by atoms with Gasteiger partial charge in [0.25, 0.3) is 5.91 Å². The minimum atomic E-state index is -1.24. The molecule has 3 aromatic carbocycles. The lowest BCUT2D eigenvalue weighted by atomic mass is 10.1. The molecule has 0 aliphatic carbocycles. The van der Waals surface area contributed by atoms with Crippen LogP contribution in [0.5, 0.6) is 0 Å². The van der Waals surface area contributed by atoms with Gasteiger partial charge in [-0.2, -0.15) is 0 Å². The second-order valence-corrected chi connectivity index (χ2v) is 7.59. The number of rotatable bonds is 4. The predicted octanol–water partition coefficient (Wildman–Crippen LogP) is 3.87. The van der Waals surface area contributed by atoms with Gasteiger partial charge in [0.2, 0.25) is 0 Å². The summed E-state index contributed by atoms with van der Waals surface area (Å²) < 4.78 is 13.2. The lowest BCUT2D eigenvalue weighted by Gasteiger charge is -2.30. The van der Waals surface area contributed by atoms with Gasteiger partial charge in [0.15, 0.2) is 0 Å². The second-order valence-electron chi connectivity index (χ2n) is 6.51. The lowest BCUT2D eigenvalue weighted by molar-refractivity contribution is -0.255. The largest absolute Gasteiger partial charge is 0.545 e. The number of para-hydroxylation sites is 1. The number of aromatic carboxylic acids is 1. The molecule has 0 fully saturated rings. The first kappa shape index (κ1) is 19.0. The summed E-state index contributed by atoms with van der Waals surface area (Å²) in [6.45, 7) is 0.317. The van der Waals surface area contributed by atoms with Gasteiger partial charge < -0.3 is 14.8 Å². The maximum Gasteiger partial charge on any atom is 0.265 e. The van der Waals surface area contributed by atoms with Gasteiger partial charge in [-0.25, -0.2) is 4.39 Å². The summed E-state index contributed by atoms with van der Waals surface area (Å²) in [7, 11) is 0. The minimum Gasteiger partial charge on any atom is -0.545 e. The summed E-state index contributed by atoms with van der Waals surface area (Å²) in [5.41, 5.74) is 2.42. The fourth-order valence-electron chi connectivity index (χ4n) is 3.06. The maximum atomic E-state index is 13.2. The smallest absolute Gasteiger partial charge is 0.265 e. The van der Waals surface area contributed by atoms with Crippen molar-refractivity contribution in [3.63, 3.8) is 0 Å². The minimum absolute atomic E-state index is 0.0815. The Morgan fingerprint density at radius 2 is 1.69 bits per heavy atom. The first-order valence-electron chi connectivity index (χ1n) is 8.87. The number of nitrogens with zero attached hydrogens (tertiary/aromatic N) is 1. The van der Waals surface area contributed by atoms with Crippen molar-refractivity contribution in [3.05, 3.63) is 100 Å². The quantitative estimate of drug-likeness (QED) is 0.620. The molecule has 1 aliphatic heterocycles. The molecule has 0 atom stereocenters. The van der Waals surface area contributed by atoms with E-state index in [1.807, 2.05) is 24.3 Å². The number of carboxylic acid groups (broad SMARTS) is 1. The summed E-state index contributed by atoms with van der Waals surface area (Å²) >= 11 is 1.37. The number of hydrogen-bond acceptors (Lipinski definition) is 4. The van der Waals surface area contributed by atoms with Crippen LogP contribution in [0.2, 0.25) is 0 Å². The van der Waals surface area contributed by atoms with E-state index < -0.39 is 5.97 Å². The third kappa shape index (κ3) is 4.07. The molecule has 29 heavy (non-hydrogen) atoms. The fraction of sp³-hybridized carbons (Fsp3) is 0.0435. The van der Waals surface area contributed by atoms with Crippen LogP contribution in [-0.4, -0.2) is 11.9 Å². The topological polar surface area (TPSA) is 60.4 Å². The summed E-state index contributed by atoms with van der Waals surface area (Å²) in [6, 6.07) is 19.8. The Balaban J connectivity index is 1.69. The number of carboxylic acids is 1. The van der Waals surface area contributed by atoms with Crippen LogP contribution in [-0.2, 0) is 11.3 Å². The highest BCUT2D eigenvalue weighted by Gasteiger charge is 2.29. The summed E-state index contributed by atoms with van der Waals surface area (Å²) in [4.78, 5) is 27.2. The number of hydrogen-bond donors (Lipinski definition) is 0. The number of thioether (sulfide) groups is 1. The van der Waals surface area contributed by atoms with E-state index in [4.69, 9.17) is 0 Å². The maximum absolute atomic E-state index is 13.2. The molecule has 0 saturated heterocycles. The highest BCUT2D eigenvalue weighted by molar-refractivity contribution is 8.04. The van der Waals surface area contributed by atoms with Crippen LogP contribution in [0.15, 0.2) is 82.6 Å². The van der Waals surface area contributed by atoms with Gasteiger partial charge in [0.05, 0.1) is 23.1 Å². The van der Waals surface area contributed by atoms with E-state index in [1.54, 1.807) is 35.2 Å². The van der Waals surface area contributed by atoms with E-state index in [1.165, 1.54) is 36.0 Å². The van der Waals surface area contributed by atoms with E-state index in [9.17, 15) is 19.1 Å². The van der Waals surface area contributed by atoms with Crippen LogP contribution in [0.4, 0.5) is 10.1 Å². The van der Waals surface area contributed by atoms with Gasteiger partial charge in [-0.05, 0) is 47.0 Å². The first-order valence-corrected chi connectivity index (χ1v) is 9.69. The Kier molecular flexibility index (Phi) is 5.18. The first-order chi connectivity index (χ1) is 14.0. The van der Waals surface area contributed by atoms with E-state index in [0.717, 1.165) is 16.1 Å². The summed E-state index contributed by atoms with van der Waals surface area (Å²) in [5, 5.41) is 10.9. The zero-order valence-corrected chi connectivity index (χ0v) is 16.0. The average Bonchev–Trinajstić information content (AvgIpc) is 2.73. The Bertz CT molecular complexity index is 1110. The molecule has 4 nitrogen and oxygen atoms in total. The van der Waals surface area contributed by atoms with Crippen LogP contribution in [0, 0.1) is 5.82 Å². The third-order valence-electron chi connectivity index (χ3n) is 4.53. The van der Waals surface area contributed by atoms with Crippen molar-refractivity contribution in [2.45, 2.75) is 11.4 Å². The number of fused-ring (bicyclic) bond motifs is 1. The fourth-order valence-corrected chi connectivity index (χ4v) is 4.12. The average molecular weight is 404 g/mol. The Labute approximate surface area is 171 Å². The van der Waals surface area contributed by atoms with E-state index in [-0.39, 0.29) is 17.3 Å². The van der Waals surface area contributed by atoms with Gasteiger partial charge in [0, 0.05) is 4.90 Å². The normalized spacial score (nSPS) is 14.7. The summed E-state index contributed by atoms with van der Waals surface area (Å²) in [6.07, 6.45) is 1.74. The molecule has 0 spiro atoms. The number of anilines is 1. The molecule has 144 valence electrons. The third-order valence-corrected chi connectivity index (χ3v) is 5.61. The van der Waals surface area contributed by atoms with Gasteiger partial charge in [-0.1, -0.05) is 60.3 Å². The molecule has 0 radical (unpaired) electrons. The number of amides is 1. The molecule has 1 heterocycles. The zero-order valence-electron chi connectivity index (χ0n) is 15.2. The molecule has 0 aromatic heterocycles. The molecule has 6 heteroatoms. The van der Waals surface area contributed by atoms with Crippen molar-refractivity contribution in [1.82, 2.24) is 0 Å². The lowest BCUT2D eigenvalue weighted by Crippen LogP contribution is -2.33. The second kappa shape index (κ2) is 7.93. The van der Waals surface area contributed by atoms with Crippen LogP contribution >= 0.6 is 11.8 Å². The number of carbonyl (C=O) groups excluding carboxylic acids is 2. The van der Waals surface area contributed by atoms with Gasteiger partial charge in [-0.3, -0.25) is 4.79 Å². The molecule has 0 saturated carbocycles. The molecular formula is C23H15FNO3S-. The van der Waals surface area contributed by atoms with Crippen LogP contribution < -0.4 is 10.0 Å². The van der Waals surface area contributed by atoms with Crippen LogP contribution in [0.3, 0.4) is 0 Å². The van der Waals surface area contributed by atoms with E-state index >= 15 is 0 Å². The molecule has 4 rings (SSSR count). The van der Waals surface area contributed by atoms with Crippen molar-refractivity contribution < 1.29 is 19.1 Å². The van der Waals surface area contributed by atoms with Gasteiger partial charge >= 0.3 is 0 Å². The Hall–Kier alpha value is -3.38. The Morgan fingerprint density at radius 1 is 1.00 bits per heavy atom. The summed E-state index contributed by atoms with van der Waals surface area (Å²) in [5.74, 6) is -1.73. The molecular weight excluding hydrogens is 389 g/mol. The molecule has 0 bridgehead atoms. The molecule has 3 aromatic rings. The molecule has 0 unspecified atom stereocenters. The molecule has 0 N–H and O–H groups in total. The highest BCUT2D eigenvalue weighted by Crippen LogP contribution is 2.42. The Morgan fingerprint density at radius 3 is 2.38 bits per heavy atom. The van der Waals surface area contributed by atoms with Crippen molar-refractivity contribution >= 4 is 35.4 Å². The van der Waals surface area contributed by atoms with Crippen LogP contribution in [0.1, 0.15) is 21.5 Å². The van der Waals surface area contributed by atoms with Gasteiger partial charge in [-0.15, -0.1) is 0 Å². The number of halogens is 1. The van der Waals surface area contributed by atoms with Crippen molar-refractivity contribution in [2.75, 3.05) is 4.90 Å².